The van der Waals surface area contributed by atoms with Crippen molar-refractivity contribution in [3.8, 4) is 0 Å². The summed E-state index contributed by atoms with van der Waals surface area (Å²) < 4.78 is 67.0. The molecule has 3 heterocycles. The van der Waals surface area contributed by atoms with Crippen LogP contribution in [0.25, 0.3) is 6.08 Å². The van der Waals surface area contributed by atoms with Crippen molar-refractivity contribution < 1.29 is 66.0 Å². The number of carbonyl (C=O) groups is 4. The van der Waals surface area contributed by atoms with E-state index < -0.39 is 96.5 Å². The van der Waals surface area contributed by atoms with Gasteiger partial charge in [-0.2, -0.15) is 18.2 Å². The minimum atomic E-state index is -4.66. The molecule has 3 aliphatic heterocycles. The number of aliphatic hydroxyl groups is 1. The van der Waals surface area contributed by atoms with Crippen molar-refractivity contribution in [2.45, 2.75) is 166 Å². The minimum absolute atomic E-state index is 0.0331. The van der Waals surface area contributed by atoms with E-state index in [2.05, 4.69) is 23.9 Å². The van der Waals surface area contributed by atoms with E-state index in [0.717, 1.165) is 44.6 Å². The maximum Gasteiger partial charge on any atom is 0.422 e. The SMILES string of the molecule is CCCCCC1(CCCCC)O[C@@H]2[C@H](O1)[C@H]1ON(Cc3cccc(C=CC(=O)OCC(F)(F)F)c3)[C@@H]3C(=O)O[C@@H]2C[C@]13C(=O)N[C@H](CO)CCC(=O)OC(C)(C)C. The molecule has 16 heteroatoms. The second kappa shape index (κ2) is 18.6. The molecule has 57 heavy (non-hydrogen) atoms. The van der Waals surface area contributed by atoms with E-state index in [0.29, 0.717) is 24.0 Å². The van der Waals surface area contributed by atoms with Crippen LogP contribution in [0.15, 0.2) is 30.3 Å². The number of esters is 3. The van der Waals surface area contributed by atoms with Gasteiger partial charge in [-0.1, -0.05) is 63.8 Å². The summed E-state index contributed by atoms with van der Waals surface area (Å²) in [5.41, 5.74) is -1.22. The molecule has 4 fully saturated rings. The van der Waals surface area contributed by atoms with Gasteiger partial charge in [0.1, 0.15) is 35.4 Å². The number of hydrogen-bond acceptors (Lipinski definition) is 12. The average Bonchev–Trinajstić information content (AvgIpc) is 3.69. The Balaban J connectivity index is 1.45. The monoisotopic (exact) mass is 810 g/mol. The number of amides is 1. The molecule has 7 atom stereocenters. The first-order valence-electron chi connectivity index (χ1n) is 20.1. The van der Waals surface area contributed by atoms with E-state index in [-0.39, 0.29) is 25.8 Å². The van der Waals surface area contributed by atoms with Gasteiger partial charge in [-0.15, -0.1) is 0 Å². The zero-order valence-electron chi connectivity index (χ0n) is 33.4. The van der Waals surface area contributed by atoms with Crippen LogP contribution in [0, 0.1) is 5.41 Å². The highest BCUT2D eigenvalue weighted by molar-refractivity contribution is 5.94. The third kappa shape index (κ3) is 10.9. The smallest absolute Gasteiger partial charge is 0.422 e. The second-order valence-corrected chi connectivity index (χ2v) is 16.5. The van der Waals surface area contributed by atoms with Crippen molar-refractivity contribution in [1.29, 1.82) is 0 Å². The summed E-state index contributed by atoms with van der Waals surface area (Å²) in [5.74, 6) is -3.89. The van der Waals surface area contributed by atoms with Gasteiger partial charge in [-0.3, -0.25) is 19.2 Å². The topological polar surface area (TPSA) is 159 Å². The zero-order chi connectivity index (χ0) is 41.6. The number of hydroxylamine groups is 2. The molecular weight excluding hydrogens is 753 g/mol. The number of fused-ring (bicyclic) bond motifs is 4. The number of carbonyl (C=O) groups excluding carboxylic acids is 4. The molecule has 4 aliphatic rings. The number of unbranched alkanes of at least 4 members (excludes halogenated alkanes) is 4. The fourth-order valence-corrected chi connectivity index (χ4v) is 8.25. The molecule has 2 N–H and O–H groups in total. The van der Waals surface area contributed by atoms with Crippen LogP contribution in [0.2, 0.25) is 0 Å². The van der Waals surface area contributed by atoms with Gasteiger partial charge in [0.15, 0.2) is 18.4 Å². The number of hydrogen-bond donors (Lipinski definition) is 2. The largest absolute Gasteiger partial charge is 0.460 e. The lowest BCUT2D eigenvalue weighted by molar-refractivity contribution is -0.224. The van der Waals surface area contributed by atoms with Crippen LogP contribution in [0.4, 0.5) is 13.2 Å². The lowest BCUT2D eigenvalue weighted by Gasteiger charge is -2.49. The molecule has 1 aromatic rings. The molecule has 1 saturated carbocycles. The standard InChI is InChI=1S/C41H57F3N2O11/c1-6-8-10-19-39(20-11-9-7-2)55-32-29-22-40(37(51)45-28(24-47)16-18-31(49)54-38(3,4)5)34(36(50)53-29)46(57-35(40)33(32)56-39)23-27-14-12-13-26(21-27)15-17-30(48)52-25-41(42,43)44/h12-15,17,21,28-29,32-35,47H,6-11,16,18-20,22-25H2,1-5H3,(H,45,51)/t28-,29+,32-,33-,34+,35+,40+/m0/s1. The van der Waals surface area contributed by atoms with Crippen molar-refractivity contribution in [3.63, 3.8) is 0 Å². The van der Waals surface area contributed by atoms with Gasteiger partial charge < -0.3 is 34.1 Å². The van der Waals surface area contributed by atoms with E-state index in [4.69, 9.17) is 23.8 Å². The molecule has 0 unspecified atom stereocenters. The molecule has 1 aromatic carbocycles. The number of nitrogens with one attached hydrogen (secondary N) is 1. The Morgan fingerprint density at radius 3 is 2.37 bits per heavy atom. The molecule has 1 aliphatic carbocycles. The van der Waals surface area contributed by atoms with Gasteiger partial charge in [-0.05, 0) is 57.2 Å². The Hall–Kier alpha value is -3.57. The van der Waals surface area contributed by atoms with Gasteiger partial charge in [0.25, 0.3) is 0 Å². The molecule has 318 valence electrons. The van der Waals surface area contributed by atoms with Gasteiger partial charge in [0, 0.05) is 31.8 Å². The summed E-state index contributed by atoms with van der Waals surface area (Å²) in [4.78, 5) is 60.1. The summed E-state index contributed by atoms with van der Waals surface area (Å²) in [5, 5.41) is 14.7. The van der Waals surface area contributed by atoms with Crippen LogP contribution in [0.5, 0.6) is 0 Å². The van der Waals surface area contributed by atoms with E-state index in [1.807, 2.05) is 0 Å². The van der Waals surface area contributed by atoms with Gasteiger partial charge in [0.2, 0.25) is 5.91 Å². The third-order valence-electron chi connectivity index (χ3n) is 10.7. The Kier molecular flexibility index (Phi) is 14.5. The van der Waals surface area contributed by atoms with Crippen LogP contribution < -0.4 is 5.32 Å². The Morgan fingerprint density at radius 1 is 1.05 bits per heavy atom. The highest BCUT2D eigenvalue weighted by Crippen LogP contribution is 2.58. The van der Waals surface area contributed by atoms with Crippen molar-refractivity contribution in [2.75, 3.05) is 13.2 Å². The fraction of sp³-hybridized carbons (Fsp3) is 0.707. The minimum Gasteiger partial charge on any atom is -0.460 e. The van der Waals surface area contributed by atoms with E-state index >= 15 is 0 Å². The zero-order valence-corrected chi connectivity index (χ0v) is 33.4. The number of aliphatic hydroxyl groups excluding tert-OH is 1. The summed E-state index contributed by atoms with van der Waals surface area (Å²) in [6.45, 7) is 7.23. The molecule has 2 bridgehead atoms. The van der Waals surface area contributed by atoms with Crippen molar-refractivity contribution >= 4 is 29.9 Å². The molecule has 13 nitrogen and oxygen atoms in total. The lowest BCUT2D eigenvalue weighted by atomic mass is 9.62. The number of halogens is 3. The molecule has 5 rings (SSSR count). The maximum absolute atomic E-state index is 14.8. The van der Waals surface area contributed by atoms with Crippen LogP contribution in [0.1, 0.15) is 116 Å². The third-order valence-corrected chi connectivity index (χ3v) is 10.7. The number of benzene rings is 1. The van der Waals surface area contributed by atoms with Crippen LogP contribution in [-0.2, 0) is 54.2 Å². The summed E-state index contributed by atoms with van der Waals surface area (Å²) in [6, 6.07) is 4.59. The first-order chi connectivity index (χ1) is 26.9. The summed E-state index contributed by atoms with van der Waals surface area (Å²) in [7, 11) is 0. The number of ether oxygens (including phenoxy) is 5. The van der Waals surface area contributed by atoms with Crippen molar-refractivity contribution in [3.05, 3.63) is 41.5 Å². The van der Waals surface area contributed by atoms with E-state index in [9.17, 15) is 37.5 Å². The van der Waals surface area contributed by atoms with Crippen LogP contribution >= 0.6 is 0 Å². The summed E-state index contributed by atoms with van der Waals surface area (Å²) in [6.07, 6.45) is 1.05. The normalized spacial score (nSPS) is 27.2. The number of alkyl halides is 3. The first-order valence-corrected chi connectivity index (χ1v) is 20.1. The van der Waals surface area contributed by atoms with Crippen molar-refractivity contribution in [2.24, 2.45) is 5.41 Å². The Bertz CT molecular complexity index is 1600. The van der Waals surface area contributed by atoms with Crippen LogP contribution in [-0.4, -0.2) is 101 Å². The fourth-order valence-electron chi connectivity index (χ4n) is 8.25. The molecule has 0 radical (unpaired) electrons. The Morgan fingerprint density at radius 2 is 1.74 bits per heavy atom. The molecule has 0 spiro atoms. The predicted molar refractivity (Wildman–Crippen MR) is 198 cm³/mol. The summed E-state index contributed by atoms with van der Waals surface area (Å²) >= 11 is 0. The second-order valence-electron chi connectivity index (χ2n) is 16.5. The first kappa shape index (κ1) is 44.5. The molecular formula is C41H57F3N2O11. The van der Waals surface area contributed by atoms with Gasteiger partial charge in [-0.25, -0.2) is 4.79 Å². The van der Waals surface area contributed by atoms with Crippen molar-refractivity contribution in [1.82, 2.24) is 10.4 Å². The van der Waals surface area contributed by atoms with Gasteiger partial charge >= 0.3 is 24.1 Å². The maximum atomic E-state index is 14.8. The predicted octanol–water partition coefficient (Wildman–Crippen LogP) is 5.85. The van der Waals surface area contributed by atoms with Crippen LogP contribution in [0.3, 0.4) is 0 Å². The molecule has 0 aromatic heterocycles. The van der Waals surface area contributed by atoms with E-state index in [1.54, 1.807) is 45.0 Å². The van der Waals surface area contributed by atoms with Gasteiger partial charge in [0.05, 0.1) is 19.2 Å². The Labute approximate surface area is 331 Å². The highest BCUT2D eigenvalue weighted by atomic mass is 19.4. The lowest BCUT2D eigenvalue weighted by Crippen LogP contribution is -2.70. The van der Waals surface area contributed by atoms with E-state index in [1.165, 1.54) is 11.1 Å². The number of nitrogens with zero attached hydrogens (tertiary/aromatic N) is 1. The quantitative estimate of drug-likeness (QED) is 0.0745. The molecule has 3 saturated heterocycles. The number of rotatable bonds is 19. The molecule has 1 amide bonds. The average molecular weight is 811 g/mol. The highest BCUT2D eigenvalue weighted by Gasteiger charge is 2.76.